The van der Waals surface area contributed by atoms with Crippen molar-refractivity contribution < 1.29 is 5.11 Å². The topological polar surface area (TPSA) is 72.0 Å². The second-order valence-electron chi connectivity index (χ2n) is 3.90. The zero-order valence-corrected chi connectivity index (χ0v) is 9.67. The summed E-state index contributed by atoms with van der Waals surface area (Å²) in [5, 5.41) is 8.97. The lowest BCUT2D eigenvalue weighted by Crippen LogP contribution is -2.14. The van der Waals surface area contributed by atoms with Gasteiger partial charge in [0.05, 0.1) is 24.0 Å². The largest absolute Gasteiger partial charge is 0.394 e. The van der Waals surface area contributed by atoms with Crippen molar-refractivity contribution in [2.75, 3.05) is 6.61 Å². The van der Waals surface area contributed by atoms with Crippen LogP contribution in [0.1, 0.15) is 17.3 Å². The Balaban J connectivity index is 2.33. The van der Waals surface area contributed by atoms with Crippen molar-refractivity contribution in [3.05, 3.63) is 47.9 Å². The zero-order chi connectivity index (χ0) is 12.3. The molecule has 1 atom stereocenters. The lowest BCUT2D eigenvalue weighted by molar-refractivity contribution is 0.268. The molecule has 0 aliphatic heterocycles. The molecule has 0 aliphatic rings. The molecule has 4 heteroatoms. The van der Waals surface area contributed by atoms with Crippen LogP contribution in [0.25, 0.3) is 11.3 Å². The van der Waals surface area contributed by atoms with Crippen molar-refractivity contribution in [2.24, 2.45) is 5.73 Å². The van der Waals surface area contributed by atoms with Crippen LogP contribution in [0.5, 0.6) is 0 Å². The van der Waals surface area contributed by atoms with Crippen molar-refractivity contribution in [2.45, 2.75) is 13.0 Å². The van der Waals surface area contributed by atoms with Crippen LogP contribution in [-0.4, -0.2) is 21.7 Å². The highest BCUT2D eigenvalue weighted by atomic mass is 16.3. The Hall–Kier alpha value is -1.78. The van der Waals surface area contributed by atoms with E-state index in [0.29, 0.717) is 0 Å². The summed E-state index contributed by atoms with van der Waals surface area (Å²) in [5.74, 6) is 0. The molecule has 0 aliphatic carbocycles. The molecule has 4 nitrogen and oxygen atoms in total. The molecule has 1 aromatic carbocycles. The van der Waals surface area contributed by atoms with E-state index in [-0.39, 0.29) is 12.6 Å². The number of hydrogen-bond donors (Lipinski definition) is 2. The molecule has 0 fully saturated rings. The minimum atomic E-state index is -0.327. The number of aryl methyl sites for hydroxylation is 1. The number of hydrogen-bond acceptors (Lipinski definition) is 4. The Morgan fingerprint density at radius 1 is 1.18 bits per heavy atom. The third kappa shape index (κ3) is 2.49. The second-order valence-corrected chi connectivity index (χ2v) is 3.90. The number of aromatic nitrogens is 2. The molecule has 3 N–H and O–H groups in total. The average Bonchev–Trinajstić information content (AvgIpc) is 2.39. The monoisotopic (exact) mass is 229 g/mol. The number of nitrogens with zero attached hydrogens (tertiary/aromatic N) is 2. The molecule has 2 aromatic rings. The zero-order valence-electron chi connectivity index (χ0n) is 9.67. The summed E-state index contributed by atoms with van der Waals surface area (Å²) in [6.45, 7) is 1.87. The molecule has 1 aromatic heterocycles. The lowest BCUT2D eigenvalue weighted by atomic mass is 10.0. The van der Waals surface area contributed by atoms with Gasteiger partial charge in [0, 0.05) is 18.0 Å². The molecule has 0 radical (unpaired) electrons. The fourth-order valence-corrected chi connectivity index (χ4v) is 1.68. The summed E-state index contributed by atoms with van der Waals surface area (Å²) in [7, 11) is 0. The SMILES string of the molecule is Cc1nccnc1-c1ccc([C@@H](N)CO)cc1. The molecule has 88 valence electrons. The van der Waals surface area contributed by atoms with Crippen LogP contribution in [0.2, 0.25) is 0 Å². The highest BCUT2D eigenvalue weighted by Gasteiger charge is 2.06. The maximum atomic E-state index is 8.97. The van der Waals surface area contributed by atoms with E-state index in [1.807, 2.05) is 31.2 Å². The van der Waals surface area contributed by atoms with Gasteiger partial charge in [0.2, 0.25) is 0 Å². The Kier molecular flexibility index (Phi) is 3.46. The Labute approximate surface area is 100 Å². The minimum Gasteiger partial charge on any atom is -0.394 e. The van der Waals surface area contributed by atoms with Gasteiger partial charge in [-0.25, -0.2) is 0 Å². The third-order valence-corrected chi connectivity index (χ3v) is 2.69. The van der Waals surface area contributed by atoms with Crippen molar-refractivity contribution in [3.8, 4) is 11.3 Å². The van der Waals surface area contributed by atoms with Crippen LogP contribution >= 0.6 is 0 Å². The van der Waals surface area contributed by atoms with Gasteiger partial charge in [0.1, 0.15) is 0 Å². The lowest BCUT2D eigenvalue weighted by Gasteiger charge is -2.09. The quantitative estimate of drug-likeness (QED) is 0.835. The molecule has 0 unspecified atom stereocenters. The summed E-state index contributed by atoms with van der Waals surface area (Å²) in [5.41, 5.74) is 9.42. The Bertz CT molecular complexity index is 496. The van der Waals surface area contributed by atoms with Crippen LogP contribution in [0.4, 0.5) is 0 Å². The van der Waals surface area contributed by atoms with Crippen molar-refractivity contribution >= 4 is 0 Å². The summed E-state index contributed by atoms with van der Waals surface area (Å²) in [6.07, 6.45) is 3.35. The summed E-state index contributed by atoms with van der Waals surface area (Å²) in [6, 6.07) is 7.38. The van der Waals surface area contributed by atoms with Gasteiger partial charge in [0.15, 0.2) is 0 Å². The molecule has 17 heavy (non-hydrogen) atoms. The van der Waals surface area contributed by atoms with Crippen molar-refractivity contribution in [1.82, 2.24) is 9.97 Å². The third-order valence-electron chi connectivity index (χ3n) is 2.69. The predicted octanol–water partition coefficient (Wildman–Crippen LogP) is 1.44. The number of rotatable bonds is 3. The molecule has 0 amide bonds. The first kappa shape index (κ1) is 11.7. The van der Waals surface area contributed by atoms with Crippen molar-refractivity contribution in [1.29, 1.82) is 0 Å². The van der Waals surface area contributed by atoms with Gasteiger partial charge < -0.3 is 10.8 Å². The van der Waals surface area contributed by atoms with Crippen LogP contribution in [-0.2, 0) is 0 Å². The molecular weight excluding hydrogens is 214 g/mol. The molecule has 2 rings (SSSR count). The highest BCUT2D eigenvalue weighted by Crippen LogP contribution is 2.21. The van der Waals surface area contributed by atoms with E-state index < -0.39 is 0 Å². The van der Waals surface area contributed by atoms with Gasteiger partial charge >= 0.3 is 0 Å². The maximum absolute atomic E-state index is 8.97. The van der Waals surface area contributed by atoms with Gasteiger partial charge in [-0.2, -0.15) is 0 Å². The molecule has 0 bridgehead atoms. The van der Waals surface area contributed by atoms with Crippen LogP contribution in [0.15, 0.2) is 36.7 Å². The molecular formula is C13H15N3O. The van der Waals surface area contributed by atoms with Gasteiger partial charge in [-0.1, -0.05) is 24.3 Å². The maximum Gasteiger partial charge on any atom is 0.0914 e. The molecule has 0 spiro atoms. The number of benzene rings is 1. The Morgan fingerprint density at radius 2 is 1.82 bits per heavy atom. The van der Waals surface area contributed by atoms with E-state index in [4.69, 9.17) is 10.8 Å². The fraction of sp³-hybridized carbons (Fsp3) is 0.231. The smallest absolute Gasteiger partial charge is 0.0914 e. The molecule has 0 saturated carbocycles. The minimum absolute atomic E-state index is 0.0521. The van der Waals surface area contributed by atoms with Crippen LogP contribution in [0, 0.1) is 6.92 Å². The molecule has 1 heterocycles. The molecule has 0 saturated heterocycles. The number of aliphatic hydroxyl groups is 1. The highest BCUT2D eigenvalue weighted by molar-refractivity contribution is 5.61. The van der Waals surface area contributed by atoms with E-state index in [2.05, 4.69) is 9.97 Å². The first-order chi connectivity index (χ1) is 8.22. The van der Waals surface area contributed by atoms with Gasteiger partial charge in [-0.3, -0.25) is 9.97 Å². The summed E-state index contributed by atoms with van der Waals surface area (Å²) >= 11 is 0. The van der Waals surface area contributed by atoms with Gasteiger partial charge in [-0.05, 0) is 12.5 Å². The standard InChI is InChI=1S/C13H15N3O/c1-9-13(16-7-6-15-9)11-4-2-10(3-5-11)12(14)8-17/h2-7,12,17H,8,14H2,1H3/t12-/m0/s1. The number of nitrogens with two attached hydrogens (primary N) is 1. The Morgan fingerprint density at radius 3 is 2.41 bits per heavy atom. The summed E-state index contributed by atoms with van der Waals surface area (Å²) in [4.78, 5) is 8.50. The second kappa shape index (κ2) is 5.03. The van der Waals surface area contributed by atoms with E-state index in [1.54, 1.807) is 12.4 Å². The fourth-order valence-electron chi connectivity index (χ4n) is 1.68. The number of aliphatic hydroxyl groups excluding tert-OH is 1. The predicted molar refractivity (Wildman–Crippen MR) is 66.2 cm³/mol. The van der Waals surface area contributed by atoms with E-state index in [1.165, 1.54) is 0 Å². The average molecular weight is 229 g/mol. The first-order valence-electron chi connectivity index (χ1n) is 5.46. The normalized spacial score (nSPS) is 12.4. The van der Waals surface area contributed by atoms with Gasteiger partial charge in [0.25, 0.3) is 0 Å². The first-order valence-corrected chi connectivity index (χ1v) is 5.46. The van der Waals surface area contributed by atoms with Gasteiger partial charge in [-0.15, -0.1) is 0 Å². The summed E-state index contributed by atoms with van der Waals surface area (Å²) < 4.78 is 0. The van der Waals surface area contributed by atoms with E-state index in [9.17, 15) is 0 Å². The van der Waals surface area contributed by atoms with E-state index in [0.717, 1.165) is 22.5 Å². The van der Waals surface area contributed by atoms with Crippen LogP contribution in [0.3, 0.4) is 0 Å². The van der Waals surface area contributed by atoms with E-state index >= 15 is 0 Å². The van der Waals surface area contributed by atoms with Crippen LogP contribution < -0.4 is 5.73 Å². The van der Waals surface area contributed by atoms with Crippen molar-refractivity contribution in [3.63, 3.8) is 0 Å².